The standard InChI is InChI=1S/C11H11Br2NO2/c1-5-9(8(4-15)14-16)6(2)11(13)7(3)10(5)12/h4,16H,1-3H3. The zero-order valence-corrected chi connectivity index (χ0v) is 12.3. The van der Waals surface area contributed by atoms with Crippen LogP contribution in [-0.4, -0.2) is 17.2 Å². The Morgan fingerprint density at radius 2 is 1.56 bits per heavy atom. The van der Waals surface area contributed by atoms with Crippen molar-refractivity contribution in [2.75, 3.05) is 0 Å². The first-order valence-corrected chi connectivity index (χ1v) is 6.16. The molecule has 1 N–H and O–H groups in total. The molecule has 0 unspecified atom stereocenters. The molecule has 0 fully saturated rings. The highest BCUT2D eigenvalue weighted by Gasteiger charge is 2.18. The summed E-state index contributed by atoms with van der Waals surface area (Å²) in [5.41, 5.74) is 3.52. The Balaban J connectivity index is 3.70. The van der Waals surface area contributed by atoms with Gasteiger partial charge in [-0.15, -0.1) is 0 Å². The Kier molecular flexibility index (Phi) is 4.27. The molecule has 0 aliphatic heterocycles. The average molecular weight is 349 g/mol. The fourth-order valence-electron chi connectivity index (χ4n) is 1.68. The molecule has 0 aromatic heterocycles. The van der Waals surface area contributed by atoms with E-state index in [9.17, 15) is 4.79 Å². The maximum Gasteiger partial charge on any atom is 0.172 e. The smallest absolute Gasteiger partial charge is 0.172 e. The first-order chi connectivity index (χ1) is 7.45. The van der Waals surface area contributed by atoms with Crippen LogP contribution >= 0.6 is 31.9 Å². The van der Waals surface area contributed by atoms with Gasteiger partial charge < -0.3 is 5.21 Å². The summed E-state index contributed by atoms with van der Waals surface area (Å²) < 4.78 is 1.81. The summed E-state index contributed by atoms with van der Waals surface area (Å²) in [7, 11) is 0. The van der Waals surface area contributed by atoms with Crippen molar-refractivity contribution in [3.05, 3.63) is 31.2 Å². The number of carbonyl (C=O) groups excluding carboxylic acids is 1. The molecule has 1 aromatic carbocycles. The van der Waals surface area contributed by atoms with Gasteiger partial charge in [-0.3, -0.25) is 4.79 Å². The number of hydrogen-bond acceptors (Lipinski definition) is 3. The fourth-order valence-corrected chi connectivity index (χ4v) is 2.74. The van der Waals surface area contributed by atoms with E-state index in [0.717, 1.165) is 25.6 Å². The minimum atomic E-state index is 0.0383. The minimum Gasteiger partial charge on any atom is -0.410 e. The van der Waals surface area contributed by atoms with Crippen molar-refractivity contribution in [1.82, 2.24) is 0 Å². The average Bonchev–Trinajstić information content (AvgIpc) is 2.29. The lowest BCUT2D eigenvalue weighted by molar-refractivity contribution is -0.102. The highest BCUT2D eigenvalue weighted by molar-refractivity contribution is 9.11. The van der Waals surface area contributed by atoms with Gasteiger partial charge in [0, 0.05) is 14.5 Å². The van der Waals surface area contributed by atoms with Gasteiger partial charge in [-0.2, -0.15) is 0 Å². The quantitative estimate of drug-likeness (QED) is 0.385. The van der Waals surface area contributed by atoms with E-state index in [1.807, 2.05) is 20.8 Å². The summed E-state index contributed by atoms with van der Waals surface area (Å²) in [5, 5.41) is 11.8. The van der Waals surface area contributed by atoms with Gasteiger partial charge in [-0.25, -0.2) is 0 Å². The lowest BCUT2D eigenvalue weighted by Gasteiger charge is -2.15. The van der Waals surface area contributed by atoms with Gasteiger partial charge in [-0.1, -0.05) is 37.0 Å². The molecule has 0 spiro atoms. The third-order valence-corrected chi connectivity index (χ3v) is 4.92. The largest absolute Gasteiger partial charge is 0.410 e. The van der Waals surface area contributed by atoms with Crippen LogP contribution in [0.4, 0.5) is 0 Å². The van der Waals surface area contributed by atoms with Gasteiger partial charge in [0.05, 0.1) is 0 Å². The van der Waals surface area contributed by atoms with Crippen molar-refractivity contribution in [3.8, 4) is 0 Å². The van der Waals surface area contributed by atoms with Crippen LogP contribution in [0.3, 0.4) is 0 Å². The molecule has 0 atom stereocenters. The van der Waals surface area contributed by atoms with Crippen LogP contribution < -0.4 is 0 Å². The second-order valence-electron chi connectivity index (χ2n) is 3.48. The number of halogens is 2. The molecule has 86 valence electrons. The highest BCUT2D eigenvalue weighted by atomic mass is 79.9. The summed E-state index contributed by atoms with van der Waals surface area (Å²) in [4.78, 5) is 10.8. The van der Waals surface area contributed by atoms with Crippen LogP contribution in [-0.2, 0) is 4.79 Å². The first-order valence-electron chi connectivity index (χ1n) is 4.58. The monoisotopic (exact) mass is 347 g/mol. The van der Waals surface area contributed by atoms with Crippen molar-refractivity contribution in [2.45, 2.75) is 20.8 Å². The number of nitrogens with zero attached hydrogens (tertiary/aromatic N) is 1. The molecule has 0 heterocycles. The van der Waals surface area contributed by atoms with Crippen LogP contribution in [0.1, 0.15) is 22.3 Å². The third-order valence-electron chi connectivity index (χ3n) is 2.54. The Hall–Kier alpha value is -0.680. The van der Waals surface area contributed by atoms with Crippen LogP contribution in [0.25, 0.3) is 0 Å². The Morgan fingerprint density at radius 3 is 1.88 bits per heavy atom. The zero-order chi connectivity index (χ0) is 12.5. The van der Waals surface area contributed by atoms with Crippen molar-refractivity contribution >= 4 is 43.9 Å². The molecular weight excluding hydrogens is 338 g/mol. The normalized spacial score (nSPS) is 11.7. The molecule has 1 rings (SSSR count). The van der Waals surface area contributed by atoms with Crippen molar-refractivity contribution < 1.29 is 10.0 Å². The van der Waals surface area contributed by atoms with Gasteiger partial charge in [0.1, 0.15) is 5.71 Å². The van der Waals surface area contributed by atoms with Gasteiger partial charge in [0.15, 0.2) is 6.29 Å². The van der Waals surface area contributed by atoms with E-state index in [1.54, 1.807) is 0 Å². The zero-order valence-electron chi connectivity index (χ0n) is 9.14. The molecule has 5 heteroatoms. The van der Waals surface area contributed by atoms with E-state index in [-0.39, 0.29) is 5.71 Å². The molecule has 0 aliphatic carbocycles. The predicted molar refractivity (Wildman–Crippen MR) is 70.4 cm³/mol. The van der Waals surface area contributed by atoms with Crippen molar-refractivity contribution in [1.29, 1.82) is 0 Å². The van der Waals surface area contributed by atoms with Crippen LogP contribution in [0.2, 0.25) is 0 Å². The molecule has 0 saturated heterocycles. The van der Waals surface area contributed by atoms with E-state index >= 15 is 0 Å². The Labute approximate surface area is 111 Å². The van der Waals surface area contributed by atoms with Crippen LogP contribution in [0.15, 0.2) is 14.1 Å². The number of benzene rings is 1. The fraction of sp³-hybridized carbons (Fsp3) is 0.273. The third kappa shape index (κ3) is 2.06. The number of carbonyl (C=O) groups is 1. The van der Waals surface area contributed by atoms with E-state index in [4.69, 9.17) is 5.21 Å². The predicted octanol–water partition coefficient (Wildman–Crippen LogP) is 3.51. The minimum absolute atomic E-state index is 0.0383. The van der Waals surface area contributed by atoms with E-state index in [0.29, 0.717) is 11.8 Å². The van der Waals surface area contributed by atoms with E-state index in [1.165, 1.54) is 0 Å². The molecule has 1 aromatic rings. The van der Waals surface area contributed by atoms with Crippen LogP contribution in [0, 0.1) is 20.8 Å². The lowest BCUT2D eigenvalue weighted by Crippen LogP contribution is -2.09. The highest BCUT2D eigenvalue weighted by Crippen LogP contribution is 2.34. The topological polar surface area (TPSA) is 49.7 Å². The molecule has 0 saturated carbocycles. The number of aldehydes is 1. The van der Waals surface area contributed by atoms with E-state index < -0.39 is 0 Å². The van der Waals surface area contributed by atoms with Gasteiger partial charge in [0.2, 0.25) is 0 Å². The summed E-state index contributed by atoms with van der Waals surface area (Å²) in [6.45, 7) is 5.72. The maximum absolute atomic E-state index is 10.8. The molecule has 0 amide bonds. The number of hydrogen-bond donors (Lipinski definition) is 1. The molecule has 16 heavy (non-hydrogen) atoms. The summed E-state index contributed by atoms with van der Waals surface area (Å²) >= 11 is 6.92. The lowest BCUT2D eigenvalue weighted by atomic mass is 9.96. The number of oxime groups is 1. The van der Waals surface area contributed by atoms with Gasteiger partial charge in [0.25, 0.3) is 0 Å². The summed E-state index contributed by atoms with van der Waals surface area (Å²) in [6, 6.07) is 0. The summed E-state index contributed by atoms with van der Waals surface area (Å²) in [5.74, 6) is 0. The number of rotatable bonds is 2. The van der Waals surface area contributed by atoms with Crippen molar-refractivity contribution in [2.24, 2.45) is 5.16 Å². The van der Waals surface area contributed by atoms with Crippen LogP contribution in [0.5, 0.6) is 0 Å². The molecule has 0 bridgehead atoms. The molecule has 0 aliphatic rings. The maximum atomic E-state index is 10.8. The van der Waals surface area contributed by atoms with Gasteiger partial charge in [-0.05, 0) is 37.5 Å². The molecule has 0 radical (unpaired) electrons. The molecular formula is C11H11Br2NO2. The SMILES string of the molecule is Cc1c(Br)c(C)c(C(C=O)=NO)c(C)c1Br. The second kappa shape index (κ2) is 5.10. The first kappa shape index (κ1) is 13.4. The molecule has 3 nitrogen and oxygen atoms in total. The summed E-state index contributed by atoms with van der Waals surface area (Å²) in [6.07, 6.45) is 0.545. The Morgan fingerprint density at radius 1 is 1.12 bits per heavy atom. The Bertz CT molecular complexity index is 452. The van der Waals surface area contributed by atoms with Crippen molar-refractivity contribution in [3.63, 3.8) is 0 Å². The second-order valence-corrected chi connectivity index (χ2v) is 5.07. The van der Waals surface area contributed by atoms with E-state index in [2.05, 4.69) is 37.0 Å². The van der Waals surface area contributed by atoms with Gasteiger partial charge >= 0.3 is 0 Å².